The van der Waals surface area contributed by atoms with Crippen LogP contribution in [0, 0.1) is 6.92 Å². The lowest BCUT2D eigenvalue weighted by Gasteiger charge is -2.09. The van der Waals surface area contributed by atoms with Crippen molar-refractivity contribution in [3.05, 3.63) is 94.2 Å². The Bertz CT molecular complexity index is 1190. The summed E-state index contributed by atoms with van der Waals surface area (Å²) in [6.45, 7) is 1.95. The maximum atomic E-state index is 12.8. The molecule has 0 aliphatic carbocycles. The molecule has 5 nitrogen and oxygen atoms in total. The van der Waals surface area contributed by atoms with Crippen LogP contribution in [-0.4, -0.2) is 20.7 Å². The van der Waals surface area contributed by atoms with Crippen molar-refractivity contribution in [1.82, 2.24) is 14.8 Å². The summed E-state index contributed by atoms with van der Waals surface area (Å²) < 4.78 is 1.64. The van der Waals surface area contributed by atoms with Gasteiger partial charge in [0.1, 0.15) is 0 Å². The third-order valence-electron chi connectivity index (χ3n) is 4.32. The van der Waals surface area contributed by atoms with Crippen molar-refractivity contribution in [3.8, 4) is 17.1 Å². The molecule has 1 N–H and O–H groups in total. The minimum Gasteiger partial charge on any atom is -0.319 e. The molecular formula is C22H16Cl2N4O. The largest absolute Gasteiger partial charge is 0.319 e. The second-order valence-electron chi connectivity index (χ2n) is 6.43. The second-order valence-corrected chi connectivity index (χ2v) is 7.30. The number of benzene rings is 3. The van der Waals surface area contributed by atoms with E-state index in [1.165, 1.54) is 0 Å². The minimum absolute atomic E-state index is 0.0446. The zero-order valence-electron chi connectivity index (χ0n) is 15.4. The lowest BCUT2D eigenvalue weighted by Crippen LogP contribution is -2.14. The van der Waals surface area contributed by atoms with Gasteiger partial charge in [-0.05, 0) is 42.8 Å². The van der Waals surface area contributed by atoms with Gasteiger partial charge in [0.25, 0.3) is 5.91 Å². The molecule has 0 unspecified atom stereocenters. The predicted molar refractivity (Wildman–Crippen MR) is 116 cm³/mol. The smallest absolute Gasteiger partial charge is 0.295 e. The third kappa shape index (κ3) is 4.16. The van der Waals surface area contributed by atoms with Crippen LogP contribution in [0.3, 0.4) is 0 Å². The van der Waals surface area contributed by atoms with E-state index in [0.29, 0.717) is 21.6 Å². The molecule has 0 saturated heterocycles. The van der Waals surface area contributed by atoms with Gasteiger partial charge in [-0.25, -0.2) is 9.67 Å². The van der Waals surface area contributed by atoms with E-state index in [-0.39, 0.29) is 5.82 Å². The van der Waals surface area contributed by atoms with E-state index in [1.54, 1.807) is 35.0 Å². The first-order valence-corrected chi connectivity index (χ1v) is 9.63. The summed E-state index contributed by atoms with van der Waals surface area (Å²) in [6.07, 6.45) is 0. The van der Waals surface area contributed by atoms with Gasteiger partial charge in [-0.15, -0.1) is 5.10 Å². The minimum atomic E-state index is -0.428. The van der Waals surface area contributed by atoms with Gasteiger partial charge in [0.15, 0.2) is 5.82 Å². The molecule has 4 rings (SSSR count). The molecule has 0 aliphatic rings. The number of carbonyl (C=O) groups is 1. The van der Waals surface area contributed by atoms with Crippen LogP contribution in [0.5, 0.6) is 0 Å². The number of halogens is 2. The van der Waals surface area contributed by atoms with Gasteiger partial charge in [0.05, 0.1) is 5.69 Å². The molecule has 4 aromatic rings. The van der Waals surface area contributed by atoms with E-state index in [4.69, 9.17) is 23.2 Å². The molecule has 0 fully saturated rings. The number of amides is 1. The van der Waals surface area contributed by atoms with Crippen molar-refractivity contribution in [1.29, 1.82) is 0 Å². The standard InChI is InChI=1S/C22H16Cl2N4O/c1-14-10-11-17(24)13-19(14)28-21(15-6-3-2-4-7-15)26-20(27-28)22(29)25-18-9-5-8-16(23)12-18/h2-13H,1H3,(H,25,29). The van der Waals surface area contributed by atoms with Gasteiger partial charge in [0, 0.05) is 21.3 Å². The molecule has 0 radical (unpaired) electrons. The number of hydrogen-bond acceptors (Lipinski definition) is 3. The lowest BCUT2D eigenvalue weighted by atomic mass is 10.2. The molecular weight excluding hydrogens is 407 g/mol. The maximum absolute atomic E-state index is 12.8. The van der Waals surface area contributed by atoms with Crippen molar-refractivity contribution in [2.75, 3.05) is 5.32 Å². The maximum Gasteiger partial charge on any atom is 0.295 e. The highest BCUT2D eigenvalue weighted by Gasteiger charge is 2.20. The fourth-order valence-electron chi connectivity index (χ4n) is 2.91. The van der Waals surface area contributed by atoms with Crippen LogP contribution in [0.1, 0.15) is 16.2 Å². The molecule has 1 amide bonds. The Morgan fingerprint density at radius 3 is 2.45 bits per heavy atom. The van der Waals surface area contributed by atoms with Crippen molar-refractivity contribution in [2.45, 2.75) is 6.92 Å². The van der Waals surface area contributed by atoms with Crippen LogP contribution >= 0.6 is 23.2 Å². The van der Waals surface area contributed by atoms with E-state index in [1.807, 2.05) is 49.4 Å². The Labute approximate surface area is 177 Å². The Morgan fingerprint density at radius 2 is 1.69 bits per heavy atom. The average Bonchev–Trinajstić information content (AvgIpc) is 3.16. The summed E-state index contributed by atoms with van der Waals surface area (Å²) in [6, 6.07) is 22.0. The molecule has 0 aliphatic heterocycles. The number of hydrogen-bond donors (Lipinski definition) is 1. The Morgan fingerprint density at radius 1 is 0.931 bits per heavy atom. The van der Waals surface area contributed by atoms with Crippen LogP contribution in [0.25, 0.3) is 17.1 Å². The molecule has 0 bridgehead atoms. The van der Waals surface area contributed by atoms with Crippen LogP contribution in [-0.2, 0) is 0 Å². The number of aryl methyl sites for hydroxylation is 1. The molecule has 0 atom stereocenters. The monoisotopic (exact) mass is 422 g/mol. The first-order chi connectivity index (χ1) is 14.0. The number of rotatable bonds is 4. The summed E-state index contributed by atoms with van der Waals surface area (Å²) in [7, 11) is 0. The molecule has 0 spiro atoms. The predicted octanol–water partition coefficient (Wildman–Crippen LogP) is 5.80. The zero-order valence-corrected chi connectivity index (χ0v) is 16.9. The Kier molecular flexibility index (Phi) is 5.34. The molecule has 0 saturated carbocycles. The summed E-state index contributed by atoms with van der Waals surface area (Å²) in [5.74, 6) is 0.165. The van der Waals surface area contributed by atoms with E-state index < -0.39 is 5.91 Å². The zero-order chi connectivity index (χ0) is 20.4. The van der Waals surface area contributed by atoms with Gasteiger partial charge in [-0.2, -0.15) is 0 Å². The Balaban J connectivity index is 1.79. The average molecular weight is 423 g/mol. The fraction of sp³-hybridized carbons (Fsp3) is 0.0455. The van der Waals surface area contributed by atoms with Crippen LogP contribution < -0.4 is 5.32 Å². The molecule has 1 aromatic heterocycles. The topological polar surface area (TPSA) is 59.8 Å². The number of anilines is 1. The second kappa shape index (κ2) is 8.07. The summed E-state index contributed by atoms with van der Waals surface area (Å²) >= 11 is 12.2. The van der Waals surface area contributed by atoms with Gasteiger partial charge in [0.2, 0.25) is 5.82 Å². The first kappa shape index (κ1) is 19.2. The van der Waals surface area contributed by atoms with Gasteiger partial charge >= 0.3 is 0 Å². The van der Waals surface area contributed by atoms with E-state index in [0.717, 1.165) is 16.8 Å². The first-order valence-electron chi connectivity index (χ1n) is 8.87. The summed E-state index contributed by atoms with van der Waals surface area (Å²) in [4.78, 5) is 17.3. The summed E-state index contributed by atoms with van der Waals surface area (Å²) in [5, 5.41) is 8.36. The normalized spacial score (nSPS) is 10.7. The van der Waals surface area contributed by atoms with Crippen LogP contribution in [0.15, 0.2) is 72.8 Å². The third-order valence-corrected chi connectivity index (χ3v) is 4.79. The van der Waals surface area contributed by atoms with Gasteiger partial charge in [-0.1, -0.05) is 65.7 Å². The summed E-state index contributed by atoms with van der Waals surface area (Å²) in [5.41, 5.74) is 3.11. The van der Waals surface area contributed by atoms with Crippen molar-refractivity contribution in [3.63, 3.8) is 0 Å². The quantitative estimate of drug-likeness (QED) is 0.451. The molecule has 144 valence electrons. The number of carbonyl (C=O) groups excluding carboxylic acids is 1. The van der Waals surface area contributed by atoms with E-state index in [9.17, 15) is 4.79 Å². The number of aromatic nitrogens is 3. The van der Waals surface area contributed by atoms with Crippen LogP contribution in [0.2, 0.25) is 10.0 Å². The van der Waals surface area contributed by atoms with Gasteiger partial charge in [-0.3, -0.25) is 4.79 Å². The number of nitrogens with one attached hydrogen (secondary N) is 1. The SMILES string of the molecule is Cc1ccc(Cl)cc1-n1nc(C(=O)Nc2cccc(Cl)c2)nc1-c1ccccc1. The fourth-order valence-corrected chi connectivity index (χ4v) is 3.27. The van der Waals surface area contributed by atoms with Gasteiger partial charge < -0.3 is 5.32 Å². The van der Waals surface area contributed by atoms with Crippen LogP contribution in [0.4, 0.5) is 5.69 Å². The molecule has 3 aromatic carbocycles. The number of nitrogens with zero attached hydrogens (tertiary/aromatic N) is 3. The highest BCUT2D eigenvalue weighted by molar-refractivity contribution is 6.31. The molecule has 29 heavy (non-hydrogen) atoms. The van der Waals surface area contributed by atoms with Crippen molar-refractivity contribution in [2.24, 2.45) is 0 Å². The molecule has 7 heteroatoms. The van der Waals surface area contributed by atoms with Crippen molar-refractivity contribution >= 4 is 34.8 Å². The van der Waals surface area contributed by atoms with Crippen molar-refractivity contribution < 1.29 is 4.79 Å². The highest BCUT2D eigenvalue weighted by atomic mass is 35.5. The highest BCUT2D eigenvalue weighted by Crippen LogP contribution is 2.25. The van der Waals surface area contributed by atoms with E-state index >= 15 is 0 Å². The Hall–Kier alpha value is -3.15. The molecule has 1 heterocycles. The van der Waals surface area contributed by atoms with E-state index in [2.05, 4.69) is 15.4 Å². The lowest BCUT2D eigenvalue weighted by molar-refractivity contribution is 0.101.